The summed E-state index contributed by atoms with van der Waals surface area (Å²) < 4.78 is 0. The van der Waals surface area contributed by atoms with E-state index in [1.54, 1.807) is 18.3 Å². The van der Waals surface area contributed by atoms with Crippen molar-refractivity contribution in [1.29, 1.82) is 0 Å². The van der Waals surface area contributed by atoms with Crippen molar-refractivity contribution in [3.05, 3.63) is 18.3 Å². The molecular formula is C14H22N4O. The van der Waals surface area contributed by atoms with Crippen molar-refractivity contribution < 1.29 is 4.79 Å². The number of amides is 1. The molecule has 0 radical (unpaired) electrons. The van der Waals surface area contributed by atoms with Gasteiger partial charge in [-0.25, -0.2) is 4.98 Å². The van der Waals surface area contributed by atoms with E-state index < -0.39 is 0 Å². The monoisotopic (exact) mass is 262 g/mol. The lowest BCUT2D eigenvalue weighted by molar-refractivity contribution is -0.116. The Labute approximate surface area is 114 Å². The maximum absolute atomic E-state index is 11.8. The van der Waals surface area contributed by atoms with E-state index in [1.807, 2.05) is 0 Å². The van der Waals surface area contributed by atoms with Crippen LogP contribution in [0.3, 0.4) is 0 Å². The smallest absolute Gasteiger partial charge is 0.225 e. The van der Waals surface area contributed by atoms with Crippen LogP contribution in [0.2, 0.25) is 0 Å². The molecular weight excluding hydrogens is 240 g/mol. The predicted molar refractivity (Wildman–Crippen MR) is 76.7 cm³/mol. The summed E-state index contributed by atoms with van der Waals surface area (Å²) in [5.41, 5.74) is 6.15. The van der Waals surface area contributed by atoms with Crippen LogP contribution in [-0.4, -0.2) is 35.9 Å². The van der Waals surface area contributed by atoms with Crippen LogP contribution in [0.15, 0.2) is 18.3 Å². The third-order valence-corrected chi connectivity index (χ3v) is 3.67. The number of nitrogen functional groups attached to an aromatic ring is 1. The fourth-order valence-corrected chi connectivity index (χ4v) is 2.37. The Morgan fingerprint density at radius 1 is 1.47 bits per heavy atom. The van der Waals surface area contributed by atoms with Crippen molar-refractivity contribution in [2.24, 2.45) is 5.92 Å². The van der Waals surface area contributed by atoms with Crippen LogP contribution < -0.4 is 11.1 Å². The SMILES string of the molecule is CN1CCC(CCC(=O)Nc2ccc(N)cn2)CC1. The van der Waals surface area contributed by atoms with Gasteiger partial charge in [0.2, 0.25) is 5.91 Å². The Morgan fingerprint density at radius 3 is 2.84 bits per heavy atom. The third-order valence-electron chi connectivity index (χ3n) is 3.67. The molecule has 1 amide bonds. The first kappa shape index (κ1) is 13.8. The molecule has 0 unspecified atom stereocenters. The van der Waals surface area contributed by atoms with Crippen LogP contribution in [0.5, 0.6) is 0 Å². The highest BCUT2D eigenvalue weighted by Gasteiger charge is 2.17. The summed E-state index contributed by atoms with van der Waals surface area (Å²) in [6, 6.07) is 3.46. The molecule has 19 heavy (non-hydrogen) atoms. The molecule has 1 aromatic rings. The molecule has 5 nitrogen and oxygen atoms in total. The fourth-order valence-electron chi connectivity index (χ4n) is 2.37. The van der Waals surface area contributed by atoms with Gasteiger partial charge in [0.25, 0.3) is 0 Å². The Bertz CT molecular complexity index is 410. The van der Waals surface area contributed by atoms with Gasteiger partial charge >= 0.3 is 0 Å². The summed E-state index contributed by atoms with van der Waals surface area (Å²) in [6.07, 6.45) is 5.48. The van der Waals surface area contributed by atoms with Gasteiger partial charge in [0, 0.05) is 6.42 Å². The van der Waals surface area contributed by atoms with Crippen molar-refractivity contribution in [3.8, 4) is 0 Å². The molecule has 0 aliphatic carbocycles. The average Bonchev–Trinajstić information content (AvgIpc) is 2.41. The number of anilines is 2. The van der Waals surface area contributed by atoms with E-state index in [2.05, 4.69) is 22.2 Å². The van der Waals surface area contributed by atoms with E-state index in [1.165, 1.54) is 12.8 Å². The zero-order valence-electron chi connectivity index (χ0n) is 11.4. The van der Waals surface area contributed by atoms with E-state index in [9.17, 15) is 4.79 Å². The van der Waals surface area contributed by atoms with Gasteiger partial charge in [-0.1, -0.05) is 0 Å². The van der Waals surface area contributed by atoms with E-state index >= 15 is 0 Å². The lowest BCUT2D eigenvalue weighted by atomic mass is 9.92. The minimum atomic E-state index is 0.0381. The zero-order chi connectivity index (χ0) is 13.7. The molecule has 0 bridgehead atoms. The second-order valence-corrected chi connectivity index (χ2v) is 5.31. The number of piperidine rings is 1. The van der Waals surface area contributed by atoms with Crippen LogP contribution in [-0.2, 0) is 4.79 Å². The first-order chi connectivity index (χ1) is 9.13. The minimum Gasteiger partial charge on any atom is -0.397 e. The lowest BCUT2D eigenvalue weighted by Crippen LogP contribution is -2.30. The molecule has 2 heterocycles. The molecule has 1 aliphatic rings. The number of carbonyl (C=O) groups is 1. The number of aromatic nitrogens is 1. The minimum absolute atomic E-state index is 0.0381. The normalized spacial score (nSPS) is 17.3. The van der Waals surface area contributed by atoms with Gasteiger partial charge in [-0.3, -0.25) is 4.79 Å². The first-order valence-electron chi connectivity index (χ1n) is 6.83. The molecule has 1 aliphatic heterocycles. The number of nitrogens with one attached hydrogen (secondary N) is 1. The van der Waals surface area contributed by atoms with Gasteiger partial charge in [0.15, 0.2) is 0 Å². The molecule has 1 saturated heterocycles. The number of hydrogen-bond acceptors (Lipinski definition) is 4. The topological polar surface area (TPSA) is 71.2 Å². The summed E-state index contributed by atoms with van der Waals surface area (Å²) in [4.78, 5) is 18.2. The highest BCUT2D eigenvalue weighted by atomic mass is 16.1. The molecule has 2 rings (SSSR count). The number of likely N-dealkylation sites (tertiary alicyclic amines) is 1. The van der Waals surface area contributed by atoms with E-state index in [4.69, 9.17) is 5.73 Å². The number of carbonyl (C=O) groups excluding carboxylic acids is 1. The van der Waals surface area contributed by atoms with Crippen molar-refractivity contribution in [2.75, 3.05) is 31.2 Å². The second kappa shape index (κ2) is 6.52. The molecule has 0 spiro atoms. The second-order valence-electron chi connectivity index (χ2n) is 5.31. The Balaban J connectivity index is 1.71. The summed E-state index contributed by atoms with van der Waals surface area (Å²) in [7, 11) is 2.15. The molecule has 5 heteroatoms. The Kier molecular flexibility index (Phi) is 4.74. The number of nitrogens with two attached hydrogens (primary N) is 1. The maximum Gasteiger partial charge on any atom is 0.225 e. The average molecular weight is 262 g/mol. The van der Waals surface area contributed by atoms with Crippen molar-refractivity contribution >= 4 is 17.4 Å². The predicted octanol–water partition coefficient (Wildman–Crippen LogP) is 1.72. The van der Waals surface area contributed by atoms with Gasteiger partial charge < -0.3 is 16.0 Å². The summed E-state index contributed by atoms with van der Waals surface area (Å²) in [5, 5.41) is 2.80. The number of rotatable bonds is 4. The third kappa shape index (κ3) is 4.52. The van der Waals surface area contributed by atoms with Gasteiger partial charge in [0.1, 0.15) is 5.82 Å². The molecule has 104 valence electrons. The summed E-state index contributed by atoms with van der Waals surface area (Å²) in [5.74, 6) is 1.29. The van der Waals surface area contributed by atoms with Crippen LogP contribution >= 0.6 is 0 Å². The van der Waals surface area contributed by atoms with Crippen molar-refractivity contribution in [1.82, 2.24) is 9.88 Å². The van der Waals surface area contributed by atoms with Crippen LogP contribution in [0, 0.1) is 5.92 Å². The first-order valence-corrected chi connectivity index (χ1v) is 6.83. The molecule has 0 saturated carbocycles. The lowest BCUT2D eigenvalue weighted by Gasteiger charge is -2.28. The highest BCUT2D eigenvalue weighted by molar-refractivity contribution is 5.89. The molecule has 0 aromatic carbocycles. The fraction of sp³-hybridized carbons (Fsp3) is 0.571. The summed E-state index contributed by atoms with van der Waals surface area (Å²) >= 11 is 0. The quantitative estimate of drug-likeness (QED) is 0.866. The van der Waals surface area contributed by atoms with E-state index in [0.29, 0.717) is 23.8 Å². The molecule has 1 aromatic heterocycles. The van der Waals surface area contributed by atoms with E-state index in [-0.39, 0.29) is 5.91 Å². The Morgan fingerprint density at radius 2 is 2.21 bits per heavy atom. The zero-order valence-corrected chi connectivity index (χ0v) is 11.4. The number of pyridine rings is 1. The van der Waals surface area contributed by atoms with Crippen LogP contribution in [0.25, 0.3) is 0 Å². The molecule has 1 fully saturated rings. The van der Waals surface area contributed by atoms with Crippen molar-refractivity contribution in [2.45, 2.75) is 25.7 Å². The van der Waals surface area contributed by atoms with Gasteiger partial charge in [-0.05, 0) is 57.5 Å². The van der Waals surface area contributed by atoms with E-state index in [0.717, 1.165) is 19.5 Å². The maximum atomic E-state index is 11.8. The summed E-state index contributed by atoms with van der Waals surface area (Å²) in [6.45, 7) is 2.29. The largest absolute Gasteiger partial charge is 0.397 e. The van der Waals surface area contributed by atoms with Crippen LogP contribution in [0.1, 0.15) is 25.7 Å². The number of nitrogens with zero attached hydrogens (tertiary/aromatic N) is 2. The Hall–Kier alpha value is -1.62. The molecule has 0 atom stereocenters. The van der Waals surface area contributed by atoms with Gasteiger partial charge in [0.05, 0.1) is 11.9 Å². The van der Waals surface area contributed by atoms with Crippen LogP contribution in [0.4, 0.5) is 11.5 Å². The van der Waals surface area contributed by atoms with Gasteiger partial charge in [-0.2, -0.15) is 0 Å². The highest BCUT2D eigenvalue weighted by Crippen LogP contribution is 2.21. The standard InChI is InChI=1S/C14H22N4O/c1-18-8-6-11(7-9-18)2-5-14(19)17-13-4-3-12(15)10-16-13/h3-4,10-11H,2,5-9,15H2,1H3,(H,16,17,19). The van der Waals surface area contributed by atoms with Crippen molar-refractivity contribution in [3.63, 3.8) is 0 Å². The number of hydrogen-bond donors (Lipinski definition) is 2. The molecule has 3 N–H and O–H groups in total. The van der Waals surface area contributed by atoms with Gasteiger partial charge in [-0.15, -0.1) is 0 Å².